The maximum absolute atomic E-state index is 12.0. The van der Waals surface area contributed by atoms with Crippen molar-refractivity contribution in [1.29, 1.82) is 0 Å². The lowest BCUT2D eigenvalue weighted by molar-refractivity contribution is 0.0698. The predicted octanol–water partition coefficient (Wildman–Crippen LogP) is 3.85. The average Bonchev–Trinajstić information content (AvgIpc) is 3.23. The van der Waals surface area contributed by atoms with E-state index in [-0.39, 0.29) is 17.6 Å². The number of carbonyl (C=O) groups excluding carboxylic acids is 1. The third kappa shape index (κ3) is 4.74. The molecule has 1 aliphatic carbocycles. The monoisotopic (exact) mass is 354 g/mol. The molecule has 21 heavy (non-hydrogen) atoms. The normalized spacial score (nSPS) is 15.3. The second-order valence-corrected chi connectivity index (χ2v) is 6.29. The first kappa shape index (κ1) is 15.8. The van der Waals surface area contributed by atoms with Gasteiger partial charge in [-0.2, -0.15) is 0 Å². The second kappa shape index (κ2) is 6.93. The van der Waals surface area contributed by atoms with Gasteiger partial charge < -0.3 is 15.7 Å². The Morgan fingerprint density at radius 3 is 2.71 bits per heavy atom. The molecular formula is C15H19BrN2O3. The topological polar surface area (TPSA) is 78.4 Å². The minimum absolute atomic E-state index is 0.0646. The van der Waals surface area contributed by atoms with Gasteiger partial charge in [-0.1, -0.05) is 35.7 Å². The number of hydrogen-bond acceptors (Lipinski definition) is 2. The van der Waals surface area contributed by atoms with Crippen molar-refractivity contribution in [1.82, 2.24) is 5.32 Å². The van der Waals surface area contributed by atoms with Crippen LogP contribution < -0.4 is 10.6 Å². The van der Waals surface area contributed by atoms with Crippen LogP contribution in [0.3, 0.4) is 0 Å². The number of anilines is 1. The lowest BCUT2D eigenvalue weighted by Crippen LogP contribution is -2.38. The van der Waals surface area contributed by atoms with E-state index in [1.165, 1.54) is 18.9 Å². The van der Waals surface area contributed by atoms with Gasteiger partial charge in [-0.3, -0.25) is 0 Å². The van der Waals surface area contributed by atoms with Gasteiger partial charge in [0.25, 0.3) is 0 Å². The minimum atomic E-state index is -1.07. The van der Waals surface area contributed by atoms with Crippen LogP contribution in [-0.4, -0.2) is 23.1 Å². The number of aromatic carboxylic acids is 1. The Morgan fingerprint density at radius 2 is 2.14 bits per heavy atom. The Morgan fingerprint density at radius 1 is 1.43 bits per heavy atom. The smallest absolute Gasteiger partial charge is 0.337 e. The van der Waals surface area contributed by atoms with Crippen molar-refractivity contribution in [3.05, 3.63) is 28.2 Å². The largest absolute Gasteiger partial charge is 0.478 e. The van der Waals surface area contributed by atoms with E-state index in [0.29, 0.717) is 10.2 Å². The first-order valence-corrected chi connectivity index (χ1v) is 7.89. The van der Waals surface area contributed by atoms with E-state index in [2.05, 4.69) is 26.6 Å². The van der Waals surface area contributed by atoms with E-state index < -0.39 is 5.97 Å². The number of amides is 2. The Kier molecular flexibility index (Phi) is 5.22. The van der Waals surface area contributed by atoms with Crippen molar-refractivity contribution >= 4 is 33.6 Å². The molecule has 1 aromatic rings. The molecule has 0 aliphatic heterocycles. The molecule has 3 N–H and O–H groups in total. The van der Waals surface area contributed by atoms with E-state index in [1.807, 2.05) is 6.92 Å². The number of rotatable bonds is 6. The van der Waals surface area contributed by atoms with E-state index in [1.54, 1.807) is 12.1 Å². The molecule has 1 atom stereocenters. The quantitative estimate of drug-likeness (QED) is 0.725. The fourth-order valence-corrected chi connectivity index (χ4v) is 2.59. The third-order valence-electron chi connectivity index (χ3n) is 3.60. The average molecular weight is 355 g/mol. The molecule has 1 saturated carbocycles. The van der Waals surface area contributed by atoms with Crippen molar-refractivity contribution in [3.63, 3.8) is 0 Å². The molecular weight excluding hydrogens is 336 g/mol. The number of carboxylic acids is 1. The lowest BCUT2D eigenvalue weighted by atomic mass is 10.1. The molecule has 1 unspecified atom stereocenters. The molecule has 0 saturated heterocycles. The summed E-state index contributed by atoms with van der Waals surface area (Å²) in [4.78, 5) is 23.2. The standard InChI is InChI=1S/C15H19BrN2O3/c1-2-11(7-9-3-4-9)17-15(21)18-13-6-5-10(16)8-12(13)14(19)20/h5-6,8-9,11H,2-4,7H2,1H3,(H,19,20)(H2,17,18,21). The summed E-state index contributed by atoms with van der Waals surface area (Å²) in [5.41, 5.74) is 0.360. The molecule has 0 aromatic heterocycles. The molecule has 0 radical (unpaired) electrons. The molecule has 6 heteroatoms. The van der Waals surface area contributed by atoms with Crippen molar-refractivity contribution in [2.45, 2.75) is 38.6 Å². The Hall–Kier alpha value is -1.56. The van der Waals surface area contributed by atoms with Gasteiger partial charge in [-0.25, -0.2) is 9.59 Å². The molecule has 0 heterocycles. The van der Waals surface area contributed by atoms with Gasteiger partial charge in [0.2, 0.25) is 0 Å². The Labute approximate surface area is 132 Å². The van der Waals surface area contributed by atoms with Crippen LogP contribution >= 0.6 is 15.9 Å². The van der Waals surface area contributed by atoms with Gasteiger partial charge in [-0.05, 0) is 37.0 Å². The molecule has 0 bridgehead atoms. The molecule has 1 fully saturated rings. The van der Waals surface area contributed by atoms with E-state index in [4.69, 9.17) is 5.11 Å². The zero-order chi connectivity index (χ0) is 15.4. The van der Waals surface area contributed by atoms with Crippen molar-refractivity contribution in [2.75, 3.05) is 5.32 Å². The maximum Gasteiger partial charge on any atom is 0.337 e. The van der Waals surface area contributed by atoms with Crippen LogP contribution in [0.15, 0.2) is 22.7 Å². The Balaban J connectivity index is 1.99. The summed E-state index contributed by atoms with van der Waals surface area (Å²) in [5.74, 6) is -0.339. The number of carboxylic acid groups (broad SMARTS) is 1. The molecule has 5 nitrogen and oxygen atoms in total. The van der Waals surface area contributed by atoms with Crippen LogP contribution in [-0.2, 0) is 0 Å². The van der Waals surface area contributed by atoms with E-state index in [9.17, 15) is 9.59 Å². The molecule has 114 valence electrons. The summed E-state index contributed by atoms with van der Waals surface area (Å²) in [7, 11) is 0. The van der Waals surface area contributed by atoms with Gasteiger partial charge in [0.15, 0.2) is 0 Å². The minimum Gasteiger partial charge on any atom is -0.478 e. The van der Waals surface area contributed by atoms with Crippen LogP contribution in [0.1, 0.15) is 43.0 Å². The van der Waals surface area contributed by atoms with Crippen molar-refractivity contribution in [2.24, 2.45) is 5.92 Å². The molecule has 2 rings (SSSR count). The summed E-state index contributed by atoms with van der Waals surface area (Å²) in [6, 6.07) is 4.53. The SMILES string of the molecule is CCC(CC1CC1)NC(=O)Nc1ccc(Br)cc1C(=O)O. The van der Waals surface area contributed by atoms with E-state index >= 15 is 0 Å². The molecule has 0 spiro atoms. The van der Waals surface area contributed by atoms with E-state index in [0.717, 1.165) is 18.8 Å². The molecule has 1 aromatic carbocycles. The van der Waals surface area contributed by atoms with Crippen LogP contribution in [0.25, 0.3) is 0 Å². The van der Waals surface area contributed by atoms with Gasteiger partial charge in [-0.15, -0.1) is 0 Å². The summed E-state index contributed by atoms with van der Waals surface area (Å²) in [6.07, 6.45) is 4.36. The number of carbonyl (C=O) groups is 2. The molecule has 2 amide bonds. The summed E-state index contributed by atoms with van der Waals surface area (Å²) >= 11 is 3.22. The van der Waals surface area contributed by atoms with Gasteiger partial charge in [0.05, 0.1) is 11.3 Å². The van der Waals surface area contributed by atoms with Crippen LogP contribution in [0.5, 0.6) is 0 Å². The van der Waals surface area contributed by atoms with Crippen LogP contribution in [0.2, 0.25) is 0 Å². The highest BCUT2D eigenvalue weighted by atomic mass is 79.9. The summed E-state index contributed by atoms with van der Waals surface area (Å²) in [5, 5.41) is 14.7. The maximum atomic E-state index is 12.0. The number of hydrogen-bond donors (Lipinski definition) is 3. The fraction of sp³-hybridized carbons (Fsp3) is 0.467. The number of urea groups is 1. The van der Waals surface area contributed by atoms with Gasteiger partial charge in [0.1, 0.15) is 0 Å². The highest BCUT2D eigenvalue weighted by molar-refractivity contribution is 9.10. The Bertz CT molecular complexity index is 544. The first-order chi connectivity index (χ1) is 9.99. The van der Waals surface area contributed by atoms with Crippen molar-refractivity contribution in [3.8, 4) is 0 Å². The summed E-state index contributed by atoms with van der Waals surface area (Å²) in [6.45, 7) is 2.04. The molecule has 1 aliphatic rings. The number of nitrogens with one attached hydrogen (secondary N) is 2. The van der Waals surface area contributed by atoms with Crippen LogP contribution in [0, 0.1) is 5.92 Å². The third-order valence-corrected chi connectivity index (χ3v) is 4.10. The second-order valence-electron chi connectivity index (χ2n) is 5.38. The number of benzene rings is 1. The van der Waals surface area contributed by atoms with Gasteiger partial charge in [0, 0.05) is 10.5 Å². The van der Waals surface area contributed by atoms with Gasteiger partial charge >= 0.3 is 12.0 Å². The van der Waals surface area contributed by atoms with Crippen LogP contribution in [0.4, 0.5) is 10.5 Å². The first-order valence-electron chi connectivity index (χ1n) is 7.10. The predicted molar refractivity (Wildman–Crippen MR) is 84.7 cm³/mol. The highest BCUT2D eigenvalue weighted by Crippen LogP contribution is 2.34. The fourth-order valence-electron chi connectivity index (χ4n) is 2.23. The zero-order valence-corrected chi connectivity index (χ0v) is 13.4. The zero-order valence-electron chi connectivity index (χ0n) is 11.9. The highest BCUT2D eigenvalue weighted by Gasteiger charge is 2.25. The lowest BCUT2D eigenvalue weighted by Gasteiger charge is -2.17. The number of halogens is 1. The summed E-state index contributed by atoms with van der Waals surface area (Å²) < 4.78 is 0.658. The van der Waals surface area contributed by atoms with Crippen molar-refractivity contribution < 1.29 is 14.7 Å².